The van der Waals surface area contributed by atoms with Gasteiger partial charge in [0.25, 0.3) is 5.91 Å². The summed E-state index contributed by atoms with van der Waals surface area (Å²) >= 11 is 24.5. The molecule has 304 valence electrons. The number of rotatable bonds is 15. The minimum Gasteiger partial charge on any atom is -0.486 e. The molecule has 4 aromatic rings. The normalized spacial score (nSPS) is 10.7. The minimum absolute atomic E-state index is 0.0210. The van der Waals surface area contributed by atoms with E-state index in [4.69, 9.17) is 66.1 Å². The maximum absolute atomic E-state index is 13.9. The van der Waals surface area contributed by atoms with Crippen LogP contribution in [-0.4, -0.2) is 46.4 Å². The third-order valence-electron chi connectivity index (χ3n) is 7.34. The summed E-state index contributed by atoms with van der Waals surface area (Å²) in [7, 11) is 0. The first-order valence-electron chi connectivity index (χ1n) is 16.9. The Hall–Kier alpha value is -5.15. The number of benzene rings is 4. The second kappa shape index (κ2) is 21.4. The lowest BCUT2D eigenvalue weighted by Crippen LogP contribution is -2.29. The summed E-state index contributed by atoms with van der Waals surface area (Å²) in [6.45, 7) is 6.20. The summed E-state index contributed by atoms with van der Waals surface area (Å²) in [4.78, 5) is 56.9. The average molecular weight is 872 g/mol. The number of nitrogens with one attached hydrogen (secondary N) is 3. The summed E-state index contributed by atoms with van der Waals surface area (Å²) in [5, 5.41) is 25.2. The Morgan fingerprint density at radius 3 is 1.37 bits per heavy atom. The zero-order chi connectivity index (χ0) is 42.6. The Bertz CT molecular complexity index is 2110. The third-order valence-corrected chi connectivity index (χ3v) is 8.46. The van der Waals surface area contributed by atoms with Crippen molar-refractivity contribution >= 4 is 87.4 Å². The van der Waals surface area contributed by atoms with Crippen LogP contribution in [0.25, 0.3) is 0 Å². The van der Waals surface area contributed by atoms with Gasteiger partial charge in [-0.3, -0.25) is 24.0 Å². The first-order chi connectivity index (χ1) is 26.7. The molecule has 3 amide bonds. The van der Waals surface area contributed by atoms with E-state index >= 15 is 0 Å². The van der Waals surface area contributed by atoms with Gasteiger partial charge in [0.1, 0.15) is 31.4 Å². The zero-order valence-electron chi connectivity index (χ0n) is 30.8. The van der Waals surface area contributed by atoms with Crippen LogP contribution in [-0.2, 0) is 38.8 Å². The average Bonchev–Trinajstić information content (AvgIpc) is 3.09. The van der Waals surface area contributed by atoms with Gasteiger partial charge >= 0.3 is 11.9 Å². The van der Waals surface area contributed by atoms with Crippen LogP contribution in [0.15, 0.2) is 60.7 Å². The quantitative estimate of drug-likeness (QED) is 0.0779. The smallest absolute Gasteiger partial charge is 0.322 e. The molecular weight excluding hydrogens is 834 g/mol. The molecule has 0 bridgehead atoms. The first kappa shape index (κ1) is 46.2. The predicted molar refractivity (Wildman–Crippen MR) is 213 cm³/mol. The number of anilines is 2. The van der Waals surface area contributed by atoms with E-state index in [-0.39, 0.29) is 86.1 Å². The monoisotopic (exact) mass is 869 g/mol. The number of hydrogen-bond acceptors (Lipinski definition) is 7. The summed E-state index contributed by atoms with van der Waals surface area (Å²) in [6.07, 6.45) is -0.220. The van der Waals surface area contributed by atoms with Gasteiger partial charge in [0.15, 0.2) is 11.5 Å². The van der Waals surface area contributed by atoms with E-state index < -0.39 is 36.0 Å². The van der Waals surface area contributed by atoms with Crippen LogP contribution in [0.2, 0.25) is 20.1 Å². The molecule has 0 saturated carbocycles. The lowest BCUT2D eigenvalue weighted by Gasteiger charge is -2.13. The SMILES string of the molecule is CC(C)C(=O)Nc1cc(F)cc(COc2c(Cl)cc(C(=O)NCC(=O)O)cc2Cl)c1.CC(C)C(=O)Nc1cc(F)cc(COc2c(Cl)cc(CC(=O)O)cc2Cl)c1. The van der Waals surface area contributed by atoms with Crippen molar-refractivity contribution in [1.29, 1.82) is 0 Å². The molecule has 57 heavy (non-hydrogen) atoms. The summed E-state index contributed by atoms with van der Waals surface area (Å²) in [5.41, 5.74) is 1.99. The Kier molecular flexibility index (Phi) is 17.4. The Morgan fingerprint density at radius 1 is 0.596 bits per heavy atom. The first-order valence-corrected chi connectivity index (χ1v) is 18.4. The number of aliphatic carboxylic acids is 2. The van der Waals surface area contributed by atoms with Crippen molar-refractivity contribution in [3.63, 3.8) is 0 Å². The van der Waals surface area contributed by atoms with Gasteiger partial charge in [0, 0.05) is 28.8 Å². The Morgan fingerprint density at radius 2 is 1.00 bits per heavy atom. The van der Waals surface area contributed by atoms with Gasteiger partial charge in [0.05, 0.1) is 26.5 Å². The second-order valence-corrected chi connectivity index (χ2v) is 14.5. The second-order valence-electron chi connectivity index (χ2n) is 12.9. The van der Waals surface area contributed by atoms with Crippen molar-refractivity contribution in [2.45, 2.75) is 47.3 Å². The molecule has 12 nitrogen and oxygen atoms in total. The topological polar surface area (TPSA) is 180 Å². The van der Waals surface area contributed by atoms with Crippen LogP contribution < -0.4 is 25.4 Å². The largest absolute Gasteiger partial charge is 0.486 e. The van der Waals surface area contributed by atoms with Gasteiger partial charge in [0.2, 0.25) is 11.8 Å². The number of carbonyl (C=O) groups is 5. The van der Waals surface area contributed by atoms with Crippen LogP contribution in [0.5, 0.6) is 11.5 Å². The molecule has 18 heteroatoms. The highest BCUT2D eigenvalue weighted by molar-refractivity contribution is 6.38. The van der Waals surface area contributed by atoms with E-state index in [1.165, 1.54) is 48.5 Å². The molecule has 0 atom stereocenters. The summed E-state index contributed by atoms with van der Waals surface area (Å²) in [6, 6.07) is 13.5. The molecule has 4 rings (SSSR count). The lowest BCUT2D eigenvalue weighted by atomic mass is 10.1. The van der Waals surface area contributed by atoms with Gasteiger partial charge < -0.3 is 35.6 Å². The van der Waals surface area contributed by atoms with Gasteiger partial charge in [-0.2, -0.15) is 0 Å². The molecule has 0 aliphatic heterocycles. The van der Waals surface area contributed by atoms with E-state index in [1.54, 1.807) is 39.8 Å². The predicted octanol–water partition coefficient (Wildman–Crippen LogP) is 9.05. The van der Waals surface area contributed by atoms with Crippen LogP contribution in [0.4, 0.5) is 20.2 Å². The molecule has 0 radical (unpaired) electrons. The van der Waals surface area contributed by atoms with Gasteiger partial charge in [-0.1, -0.05) is 74.1 Å². The molecular formula is C39H37Cl4F2N3O9. The van der Waals surface area contributed by atoms with Crippen LogP contribution in [0, 0.1) is 23.5 Å². The Balaban J connectivity index is 0.000000307. The molecule has 0 spiro atoms. The highest BCUT2D eigenvalue weighted by atomic mass is 35.5. The maximum atomic E-state index is 13.9. The number of carboxylic acid groups (broad SMARTS) is 2. The maximum Gasteiger partial charge on any atom is 0.322 e. The van der Waals surface area contributed by atoms with E-state index in [1.807, 2.05) is 0 Å². The van der Waals surface area contributed by atoms with Crippen molar-refractivity contribution in [1.82, 2.24) is 5.32 Å². The van der Waals surface area contributed by atoms with Gasteiger partial charge in [-0.15, -0.1) is 0 Å². The lowest BCUT2D eigenvalue weighted by molar-refractivity contribution is -0.137. The van der Waals surface area contributed by atoms with E-state index in [0.29, 0.717) is 22.4 Å². The molecule has 0 aliphatic rings. The molecule has 0 aliphatic carbocycles. The Labute approximate surface area is 346 Å². The van der Waals surface area contributed by atoms with E-state index in [2.05, 4.69) is 16.0 Å². The minimum atomic E-state index is -1.19. The van der Waals surface area contributed by atoms with Crippen LogP contribution in [0.3, 0.4) is 0 Å². The molecule has 4 aromatic carbocycles. The van der Waals surface area contributed by atoms with Crippen molar-refractivity contribution < 1.29 is 52.4 Å². The van der Waals surface area contributed by atoms with Crippen molar-refractivity contribution in [3.05, 3.63) is 115 Å². The standard InChI is InChI=1S/C20H19Cl2FN2O5.C19H18Cl2FNO4/c1-10(2)19(28)25-14-4-11(3-13(23)7-14)9-30-18-15(21)5-12(6-16(18)22)20(29)24-8-17(26)27;1-10(2)19(26)23-14-4-12(3-13(22)8-14)9-27-18-15(20)5-11(6-16(18)21)7-17(24)25/h3-7,10H,8-9H2,1-2H3,(H,24,29)(H,25,28)(H,26,27);3-6,8,10H,7,9H2,1-2H3,(H,23,26)(H,24,25). The fraction of sp³-hybridized carbons (Fsp3) is 0.256. The summed E-state index contributed by atoms with van der Waals surface area (Å²) < 4.78 is 38.9. The molecule has 0 aromatic heterocycles. The van der Waals surface area contributed by atoms with Crippen molar-refractivity contribution in [2.24, 2.45) is 11.8 Å². The van der Waals surface area contributed by atoms with Gasteiger partial charge in [-0.25, -0.2) is 8.78 Å². The van der Waals surface area contributed by atoms with Crippen LogP contribution >= 0.6 is 46.4 Å². The number of halogens is 6. The third kappa shape index (κ3) is 15.0. The highest BCUT2D eigenvalue weighted by Gasteiger charge is 2.17. The number of carboxylic acids is 2. The van der Waals surface area contributed by atoms with Gasteiger partial charge in [-0.05, 0) is 77.4 Å². The molecule has 0 saturated heterocycles. The van der Waals surface area contributed by atoms with E-state index in [0.717, 1.165) is 0 Å². The highest BCUT2D eigenvalue weighted by Crippen LogP contribution is 2.36. The number of amides is 3. The van der Waals surface area contributed by atoms with E-state index in [9.17, 15) is 32.8 Å². The number of hydrogen-bond donors (Lipinski definition) is 5. The fourth-order valence-electron chi connectivity index (χ4n) is 4.61. The molecule has 0 heterocycles. The molecule has 0 unspecified atom stereocenters. The summed E-state index contributed by atoms with van der Waals surface area (Å²) in [5.74, 6) is -4.69. The number of ether oxygens (including phenoxy) is 2. The fourth-order valence-corrected chi connectivity index (χ4v) is 5.85. The van der Waals surface area contributed by atoms with Crippen molar-refractivity contribution in [2.75, 3.05) is 17.2 Å². The molecule has 5 N–H and O–H groups in total. The molecule has 0 fully saturated rings. The van der Waals surface area contributed by atoms with Crippen LogP contribution in [0.1, 0.15) is 54.7 Å². The zero-order valence-corrected chi connectivity index (χ0v) is 33.8. The number of carbonyl (C=O) groups excluding carboxylic acids is 3. The van der Waals surface area contributed by atoms with Crippen molar-refractivity contribution in [3.8, 4) is 11.5 Å².